The first-order chi connectivity index (χ1) is 13.7. The summed E-state index contributed by atoms with van der Waals surface area (Å²) in [4.78, 5) is -0.0302. The molecule has 0 saturated heterocycles. The van der Waals surface area contributed by atoms with Crippen LogP contribution in [-0.2, 0) is 10.1 Å². The van der Waals surface area contributed by atoms with Crippen LogP contribution in [0.25, 0.3) is 0 Å². The molecular weight excluding hydrogens is 382 g/mol. The van der Waals surface area contributed by atoms with E-state index in [2.05, 4.69) is 27.9 Å². The largest absolute Gasteiger partial charge is 0.744 e. The molecule has 0 spiro atoms. The van der Waals surface area contributed by atoms with Gasteiger partial charge in [0.25, 0.3) is 0 Å². The van der Waals surface area contributed by atoms with Crippen LogP contribution in [0.2, 0.25) is 0 Å². The summed E-state index contributed by atoms with van der Waals surface area (Å²) in [5.41, 5.74) is 0.712. The van der Waals surface area contributed by atoms with Crippen molar-refractivity contribution in [3.63, 3.8) is 0 Å². The lowest BCUT2D eigenvalue weighted by atomic mass is 9.91. The first kappa shape index (κ1) is 26.1. The Bertz CT molecular complexity index is 670. The van der Waals surface area contributed by atoms with E-state index < -0.39 is 10.1 Å². The quantitative estimate of drug-likeness (QED) is 0.183. The molecule has 0 heterocycles. The zero-order valence-electron chi connectivity index (χ0n) is 19.2. The zero-order valence-corrected chi connectivity index (χ0v) is 20.0. The van der Waals surface area contributed by atoms with Crippen molar-refractivity contribution in [3.8, 4) is 0 Å². The molecule has 1 aromatic carbocycles. The summed E-state index contributed by atoms with van der Waals surface area (Å²) in [7, 11) is -0.0626. The fourth-order valence-electron chi connectivity index (χ4n) is 4.39. The second-order valence-electron chi connectivity index (χ2n) is 9.15. The van der Waals surface area contributed by atoms with Crippen LogP contribution in [0.15, 0.2) is 29.2 Å². The molecule has 0 saturated carbocycles. The molecule has 0 fully saturated rings. The molecule has 1 aromatic rings. The number of hydrogen-bond donors (Lipinski definition) is 0. The summed E-state index contributed by atoms with van der Waals surface area (Å²) in [5, 5.41) is 0. The highest BCUT2D eigenvalue weighted by atomic mass is 32.2. The smallest absolute Gasteiger partial charge is 0.124 e. The number of unbranched alkanes of at least 4 members (excludes halogenated alkanes) is 8. The molecule has 0 bridgehead atoms. The Kier molecular flexibility index (Phi) is 12.1. The number of hydrogen-bond acceptors (Lipinski definition) is 3. The van der Waals surface area contributed by atoms with E-state index in [1.54, 1.807) is 6.07 Å². The van der Waals surface area contributed by atoms with E-state index in [1.807, 2.05) is 12.1 Å². The van der Waals surface area contributed by atoms with Crippen LogP contribution in [0, 0.1) is 0 Å². The molecule has 0 aliphatic carbocycles. The Morgan fingerprint density at radius 2 is 1.41 bits per heavy atom. The predicted molar refractivity (Wildman–Crippen MR) is 121 cm³/mol. The maximum atomic E-state index is 11.8. The van der Waals surface area contributed by atoms with E-state index >= 15 is 0 Å². The van der Waals surface area contributed by atoms with Gasteiger partial charge < -0.3 is 9.04 Å². The molecule has 0 aliphatic heterocycles. The SMILES string of the molecule is CCCCCCCCCCCC(C[N+](C)(C)CCC)c1ccccc1S(=O)(=O)[O-]. The van der Waals surface area contributed by atoms with Gasteiger partial charge in [0.2, 0.25) is 0 Å². The van der Waals surface area contributed by atoms with E-state index in [0.29, 0.717) is 5.56 Å². The second-order valence-corrected chi connectivity index (χ2v) is 10.5. The number of benzene rings is 1. The molecular formula is C24H43NO3S. The highest BCUT2D eigenvalue weighted by Crippen LogP contribution is 2.30. The number of nitrogens with zero attached hydrogens (tertiary/aromatic N) is 1. The summed E-state index contributed by atoms with van der Waals surface area (Å²) < 4.78 is 36.3. The molecule has 0 aromatic heterocycles. The van der Waals surface area contributed by atoms with Crippen LogP contribution in [0.1, 0.15) is 96.0 Å². The third-order valence-electron chi connectivity index (χ3n) is 5.83. The third-order valence-corrected chi connectivity index (χ3v) is 6.74. The molecule has 0 radical (unpaired) electrons. The second kappa shape index (κ2) is 13.4. The number of quaternary nitrogens is 1. The molecule has 1 rings (SSSR count). The van der Waals surface area contributed by atoms with Gasteiger partial charge in [-0.05, 0) is 24.5 Å². The Balaban J connectivity index is 2.72. The van der Waals surface area contributed by atoms with Crippen LogP contribution in [-0.4, -0.2) is 44.6 Å². The molecule has 168 valence electrons. The zero-order chi connectivity index (χ0) is 21.8. The van der Waals surface area contributed by atoms with Gasteiger partial charge in [-0.25, -0.2) is 8.42 Å². The summed E-state index contributed by atoms with van der Waals surface area (Å²) in [6.07, 6.45) is 13.5. The summed E-state index contributed by atoms with van der Waals surface area (Å²) in [6, 6.07) is 6.82. The molecule has 1 atom stereocenters. The highest BCUT2D eigenvalue weighted by molar-refractivity contribution is 7.85. The lowest BCUT2D eigenvalue weighted by Crippen LogP contribution is -2.43. The highest BCUT2D eigenvalue weighted by Gasteiger charge is 2.25. The molecule has 1 unspecified atom stereocenters. The first-order valence-electron chi connectivity index (χ1n) is 11.6. The van der Waals surface area contributed by atoms with Crippen LogP contribution >= 0.6 is 0 Å². The van der Waals surface area contributed by atoms with Crippen molar-refractivity contribution in [1.82, 2.24) is 0 Å². The Hall–Kier alpha value is -0.910. The minimum absolute atomic E-state index is 0.0302. The third kappa shape index (κ3) is 10.6. The fourth-order valence-corrected chi connectivity index (χ4v) is 5.15. The van der Waals surface area contributed by atoms with Gasteiger partial charge in [0, 0.05) is 5.92 Å². The van der Waals surface area contributed by atoms with E-state index in [9.17, 15) is 13.0 Å². The average Bonchev–Trinajstić information content (AvgIpc) is 2.65. The van der Waals surface area contributed by atoms with Gasteiger partial charge in [-0.3, -0.25) is 0 Å². The predicted octanol–water partition coefficient (Wildman–Crippen LogP) is 6.08. The van der Waals surface area contributed by atoms with Gasteiger partial charge in [-0.2, -0.15) is 0 Å². The van der Waals surface area contributed by atoms with E-state index in [4.69, 9.17) is 0 Å². The van der Waals surface area contributed by atoms with Crippen molar-refractivity contribution in [1.29, 1.82) is 0 Å². The average molecular weight is 426 g/mol. The number of rotatable bonds is 16. The van der Waals surface area contributed by atoms with Crippen molar-refractivity contribution in [2.24, 2.45) is 0 Å². The summed E-state index contributed by atoms with van der Waals surface area (Å²) >= 11 is 0. The van der Waals surface area contributed by atoms with Crippen LogP contribution < -0.4 is 0 Å². The van der Waals surface area contributed by atoms with Crippen molar-refractivity contribution in [2.75, 3.05) is 27.2 Å². The summed E-state index contributed by atoms with van der Waals surface area (Å²) in [6.45, 7) is 6.32. The van der Waals surface area contributed by atoms with Crippen LogP contribution in [0.3, 0.4) is 0 Å². The van der Waals surface area contributed by atoms with Crippen molar-refractivity contribution >= 4 is 10.1 Å². The Labute approximate surface area is 180 Å². The molecule has 5 heteroatoms. The summed E-state index contributed by atoms with van der Waals surface area (Å²) in [5.74, 6) is 0.0982. The van der Waals surface area contributed by atoms with Crippen molar-refractivity contribution in [3.05, 3.63) is 29.8 Å². The molecule has 0 N–H and O–H groups in total. The van der Waals surface area contributed by atoms with E-state index in [-0.39, 0.29) is 10.8 Å². The molecule has 4 nitrogen and oxygen atoms in total. The Morgan fingerprint density at radius 1 is 0.862 bits per heavy atom. The van der Waals surface area contributed by atoms with Gasteiger partial charge in [0.05, 0.1) is 32.1 Å². The van der Waals surface area contributed by atoms with Crippen LogP contribution in [0.5, 0.6) is 0 Å². The molecule has 0 amide bonds. The minimum atomic E-state index is -4.45. The van der Waals surface area contributed by atoms with Crippen molar-refractivity contribution < 1.29 is 17.5 Å². The van der Waals surface area contributed by atoms with Crippen molar-refractivity contribution in [2.45, 2.75) is 95.3 Å². The number of likely N-dealkylation sites (N-methyl/N-ethyl adjacent to an activating group) is 1. The maximum Gasteiger partial charge on any atom is 0.124 e. The normalized spacial score (nSPS) is 13.6. The standard InChI is InChI=1S/C24H43NO3S/c1-5-7-8-9-10-11-12-13-14-17-22(21-25(3,4)20-6-2)23-18-15-16-19-24(23)29(26,27)28/h15-16,18-19,22H,5-14,17,20-21H2,1-4H3. The van der Waals surface area contributed by atoms with E-state index in [1.165, 1.54) is 57.4 Å². The molecule has 29 heavy (non-hydrogen) atoms. The van der Waals surface area contributed by atoms with Gasteiger partial charge in [0.15, 0.2) is 0 Å². The molecule has 0 aliphatic rings. The lowest BCUT2D eigenvalue weighted by molar-refractivity contribution is -0.891. The van der Waals surface area contributed by atoms with Gasteiger partial charge in [0.1, 0.15) is 10.1 Å². The lowest BCUT2D eigenvalue weighted by Gasteiger charge is -2.34. The minimum Gasteiger partial charge on any atom is -0.744 e. The Morgan fingerprint density at radius 3 is 1.97 bits per heavy atom. The van der Waals surface area contributed by atoms with Crippen LogP contribution in [0.4, 0.5) is 0 Å². The topological polar surface area (TPSA) is 57.2 Å². The monoisotopic (exact) mass is 425 g/mol. The first-order valence-corrected chi connectivity index (χ1v) is 13.0. The van der Waals surface area contributed by atoms with Gasteiger partial charge in [-0.1, -0.05) is 89.8 Å². The van der Waals surface area contributed by atoms with E-state index in [0.717, 1.165) is 36.8 Å². The van der Waals surface area contributed by atoms with Gasteiger partial charge in [-0.15, -0.1) is 0 Å². The van der Waals surface area contributed by atoms with Gasteiger partial charge >= 0.3 is 0 Å². The maximum absolute atomic E-state index is 11.8. The fraction of sp³-hybridized carbons (Fsp3) is 0.750.